The molecule has 11 nitrogen and oxygen atoms in total. The number of halogens is 7. The van der Waals surface area contributed by atoms with Crippen LogP contribution < -0.4 is 30.2 Å². The second-order valence-corrected chi connectivity index (χ2v) is 7.83. The number of carboxylic acids is 1. The zero-order valence-corrected chi connectivity index (χ0v) is 20.8. The minimum atomic E-state index is -5.08. The fourth-order valence-electron chi connectivity index (χ4n) is 2.94. The molecule has 0 spiro atoms. The van der Waals surface area contributed by atoms with Crippen LogP contribution in [0.15, 0.2) is 60.8 Å². The van der Waals surface area contributed by atoms with Crippen LogP contribution in [0.25, 0.3) is 0 Å². The largest absolute Gasteiger partial charge is 0.507 e. The highest BCUT2D eigenvalue weighted by molar-refractivity contribution is 6.01. The van der Waals surface area contributed by atoms with Gasteiger partial charge in [-0.1, -0.05) is 6.07 Å². The number of aliphatic carboxylic acids is 1. The number of aromatic nitrogens is 1. The van der Waals surface area contributed by atoms with Gasteiger partial charge in [0.25, 0.3) is 5.91 Å². The first-order chi connectivity index (χ1) is 19.5. The number of hydrogen-bond acceptors (Lipinski definition) is 7. The number of fused-ring (bicyclic) bond motifs is 1. The van der Waals surface area contributed by atoms with Crippen LogP contribution in [0.2, 0.25) is 0 Å². The van der Waals surface area contributed by atoms with Gasteiger partial charge in [-0.2, -0.15) is 30.7 Å². The van der Waals surface area contributed by atoms with E-state index >= 15 is 0 Å². The van der Waals surface area contributed by atoms with Crippen molar-refractivity contribution in [3.63, 3.8) is 0 Å². The van der Waals surface area contributed by atoms with Crippen LogP contribution in [0.1, 0.15) is 10.5 Å². The van der Waals surface area contributed by atoms with Crippen LogP contribution in [-0.4, -0.2) is 53.4 Å². The van der Waals surface area contributed by atoms with Crippen LogP contribution in [0, 0.1) is 0 Å². The van der Waals surface area contributed by atoms with Crippen molar-refractivity contribution in [2.75, 3.05) is 17.7 Å². The summed E-state index contributed by atoms with van der Waals surface area (Å²) >= 11 is 0. The molecule has 224 valence electrons. The third-order valence-corrected chi connectivity index (χ3v) is 4.82. The van der Waals surface area contributed by atoms with Gasteiger partial charge in [0, 0.05) is 25.0 Å². The monoisotopic (exact) mass is 606 g/mol. The lowest BCUT2D eigenvalue weighted by Crippen LogP contribution is -2.52. The SMILES string of the molecule is CNC(=O)c1cc(Oc2ccc(NC(=O)Nc3cccc4c3OC(F)(F)C(F)(F)O4)cc2)ccn1.O=C(O)C(F)(F)F. The standard InChI is InChI=1S/C22H16F4N4O5.C2HF3O2/c1-27-19(31)16-11-14(9-10-28-16)33-13-7-5-12(6-8-13)29-20(32)30-15-3-2-4-17-18(15)35-22(25,26)21(23,24)34-17;3-2(4,5)1(6)7/h2-11H,1H3,(H,27,31)(H2,29,30,32);(H,6,7). The van der Waals surface area contributed by atoms with E-state index in [4.69, 9.17) is 14.6 Å². The second-order valence-electron chi connectivity index (χ2n) is 7.83. The molecule has 0 atom stereocenters. The van der Waals surface area contributed by atoms with E-state index in [1.54, 1.807) is 6.07 Å². The molecule has 18 heteroatoms. The third-order valence-electron chi connectivity index (χ3n) is 4.82. The molecule has 0 fully saturated rings. The molecule has 0 aliphatic carbocycles. The number of carboxylic acid groups (broad SMARTS) is 1. The molecule has 1 aliphatic rings. The average molecular weight is 606 g/mol. The number of nitrogens with zero attached hydrogens (tertiary/aromatic N) is 1. The summed E-state index contributed by atoms with van der Waals surface area (Å²) < 4.78 is 99.3. The Morgan fingerprint density at radius 3 is 2.12 bits per heavy atom. The smallest absolute Gasteiger partial charge is 0.475 e. The lowest BCUT2D eigenvalue weighted by molar-refractivity contribution is -0.391. The van der Waals surface area contributed by atoms with Gasteiger partial charge in [-0.05, 0) is 42.5 Å². The van der Waals surface area contributed by atoms with Crippen molar-refractivity contribution in [1.29, 1.82) is 0 Å². The normalized spacial score (nSPS) is 14.4. The van der Waals surface area contributed by atoms with Crippen molar-refractivity contribution >= 4 is 29.3 Å². The summed E-state index contributed by atoms with van der Waals surface area (Å²) in [6, 6.07) is 11.6. The Labute approximate surface area is 230 Å². The summed E-state index contributed by atoms with van der Waals surface area (Å²) in [4.78, 5) is 36.8. The first-order valence-corrected chi connectivity index (χ1v) is 11.1. The van der Waals surface area contributed by atoms with Gasteiger partial charge in [0.15, 0.2) is 11.5 Å². The van der Waals surface area contributed by atoms with E-state index in [0.717, 1.165) is 6.07 Å². The van der Waals surface area contributed by atoms with Crippen molar-refractivity contribution < 1.29 is 64.4 Å². The first kappa shape index (κ1) is 31.2. The van der Waals surface area contributed by atoms with Crippen LogP contribution in [0.3, 0.4) is 0 Å². The molecule has 0 radical (unpaired) electrons. The molecule has 2 aromatic carbocycles. The van der Waals surface area contributed by atoms with Gasteiger partial charge in [-0.25, -0.2) is 9.59 Å². The quantitative estimate of drug-likeness (QED) is 0.280. The number of ether oxygens (including phenoxy) is 3. The number of benzene rings is 2. The second kappa shape index (κ2) is 12.1. The highest BCUT2D eigenvalue weighted by Gasteiger charge is 2.66. The Kier molecular flexibility index (Phi) is 8.98. The van der Waals surface area contributed by atoms with E-state index in [9.17, 15) is 40.3 Å². The number of anilines is 2. The van der Waals surface area contributed by atoms with E-state index in [1.165, 1.54) is 55.7 Å². The fourth-order valence-corrected chi connectivity index (χ4v) is 2.94. The predicted octanol–water partition coefficient (Wildman–Crippen LogP) is 5.47. The summed E-state index contributed by atoms with van der Waals surface area (Å²) in [5.74, 6) is -3.79. The molecule has 42 heavy (non-hydrogen) atoms. The Bertz CT molecular complexity index is 1470. The van der Waals surface area contributed by atoms with Crippen LogP contribution in [-0.2, 0) is 4.79 Å². The Morgan fingerprint density at radius 2 is 1.52 bits per heavy atom. The van der Waals surface area contributed by atoms with Gasteiger partial charge < -0.3 is 35.3 Å². The Balaban J connectivity index is 0.000000616. The molecule has 1 aromatic heterocycles. The lowest BCUT2D eigenvalue weighted by atomic mass is 10.2. The first-order valence-electron chi connectivity index (χ1n) is 11.1. The molecular weight excluding hydrogens is 589 g/mol. The summed E-state index contributed by atoms with van der Waals surface area (Å²) in [7, 11) is 1.47. The van der Waals surface area contributed by atoms with E-state index < -0.39 is 41.9 Å². The van der Waals surface area contributed by atoms with E-state index in [2.05, 4.69) is 30.4 Å². The van der Waals surface area contributed by atoms with Gasteiger partial charge in [-0.15, -0.1) is 0 Å². The number of pyridine rings is 1. The van der Waals surface area contributed by atoms with E-state index in [0.29, 0.717) is 17.2 Å². The number of para-hydroxylation sites is 1. The van der Waals surface area contributed by atoms with Gasteiger partial charge in [0.2, 0.25) is 0 Å². The number of rotatable bonds is 5. The minimum Gasteiger partial charge on any atom is -0.475 e. The molecule has 0 saturated carbocycles. The molecule has 0 saturated heterocycles. The maximum absolute atomic E-state index is 13.5. The number of urea groups is 1. The highest BCUT2D eigenvalue weighted by Crippen LogP contribution is 2.49. The number of nitrogens with one attached hydrogen (secondary N) is 3. The summed E-state index contributed by atoms with van der Waals surface area (Å²) in [5, 5.41) is 14.3. The fraction of sp³-hybridized carbons (Fsp3) is 0.167. The molecule has 3 amide bonds. The number of carbonyl (C=O) groups is 3. The zero-order valence-electron chi connectivity index (χ0n) is 20.8. The Hall–Kier alpha value is -5.29. The number of amides is 3. The molecule has 2 heterocycles. The maximum atomic E-state index is 13.5. The molecule has 0 bridgehead atoms. The van der Waals surface area contributed by atoms with Crippen molar-refractivity contribution in [2.45, 2.75) is 18.4 Å². The highest BCUT2D eigenvalue weighted by atomic mass is 19.4. The van der Waals surface area contributed by atoms with Gasteiger partial charge in [-0.3, -0.25) is 9.78 Å². The van der Waals surface area contributed by atoms with Crippen LogP contribution in [0.5, 0.6) is 23.0 Å². The van der Waals surface area contributed by atoms with Crippen molar-refractivity contribution in [3.05, 3.63) is 66.5 Å². The van der Waals surface area contributed by atoms with E-state index in [-0.39, 0.29) is 17.3 Å². The lowest BCUT2D eigenvalue weighted by Gasteiger charge is -2.32. The molecule has 1 aliphatic heterocycles. The number of hydrogen-bond donors (Lipinski definition) is 4. The summed E-state index contributed by atoms with van der Waals surface area (Å²) in [6.07, 6.45) is -13.5. The molecule has 3 aromatic rings. The van der Waals surface area contributed by atoms with Crippen molar-refractivity contribution in [2.24, 2.45) is 0 Å². The molecule has 0 unspecified atom stereocenters. The van der Waals surface area contributed by atoms with Crippen LogP contribution >= 0.6 is 0 Å². The summed E-state index contributed by atoms with van der Waals surface area (Å²) in [5.41, 5.74) is 0.160. The molecule has 4 N–H and O–H groups in total. The van der Waals surface area contributed by atoms with Gasteiger partial charge in [0.05, 0.1) is 5.69 Å². The molecule has 4 rings (SSSR count). The summed E-state index contributed by atoms with van der Waals surface area (Å²) in [6.45, 7) is 0. The van der Waals surface area contributed by atoms with Gasteiger partial charge >= 0.3 is 30.4 Å². The van der Waals surface area contributed by atoms with Crippen LogP contribution in [0.4, 0.5) is 46.9 Å². The minimum absolute atomic E-state index is 0.166. The predicted molar refractivity (Wildman–Crippen MR) is 128 cm³/mol. The maximum Gasteiger partial charge on any atom is 0.507 e. The Morgan fingerprint density at radius 1 is 0.905 bits per heavy atom. The average Bonchev–Trinajstić information content (AvgIpc) is 2.90. The number of carbonyl (C=O) groups excluding carboxylic acids is 2. The zero-order chi connectivity index (χ0) is 31.3. The third kappa shape index (κ3) is 7.67. The van der Waals surface area contributed by atoms with Crippen molar-refractivity contribution in [1.82, 2.24) is 10.3 Å². The van der Waals surface area contributed by atoms with Crippen molar-refractivity contribution in [3.8, 4) is 23.0 Å². The topological polar surface area (TPSA) is 148 Å². The number of alkyl halides is 7. The van der Waals surface area contributed by atoms with Gasteiger partial charge in [0.1, 0.15) is 17.2 Å². The van der Waals surface area contributed by atoms with E-state index in [1.807, 2.05) is 0 Å². The molecular formula is C24H17F7N4O7.